The number of hydrogen-bond donors (Lipinski definition) is 0. The fourth-order valence-corrected chi connectivity index (χ4v) is 1.41. The maximum absolute atomic E-state index is 13.3. The zero-order chi connectivity index (χ0) is 17.0. The SMILES string of the molecule is CCCC(F)OOC(C)(CC(=O)OCC)OOC(F)CCC. The van der Waals surface area contributed by atoms with Gasteiger partial charge in [-0.3, -0.25) is 4.79 Å². The van der Waals surface area contributed by atoms with E-state index in [1.54, 1.807) is 20.8 Å². The predicted molar refractivity (Wildman–Crippen MR) is 73.6 cm³/mol. The van der Waals surface area contributed by atoms with Gasteiger partial charge in [0.15, 0.2) is 0 Å². The molecule has 0 spiro atoms. The van der Waals surface area contributed by atoms with Crippen LogP contribution in [0, 0.1) is 0 Å². The highest BCUT2D eigenvalue weighted by atomic mass is 19.2. The summed E-state index contributed by atoms with van der Waals surface area (Å²) in [6, 6.07) is 0. The highest BCUT2D eigenvalue weighted by Crippen LogP contribution is 2.23. The van der Waals surface area contributed by atoms with E-state index in [1.165, 1.54) is 6.92 Å². The molecule has 0 amide bonds. The molecule has 8 heteroatoms. The Hall–Kier alpha value is -0.830. The third kappa shape index (κ3) is 9.99. The minimum atomic E-state index is -1.82. The third-order valence-electron chi connectivity index (χ3n) is 2.46. The maximum atomic E-state index is 13.3. The first-order chi connectivity index (χ1) is 10.4. The molecular weight excluding hydrogens is 302 g/mol. The first kappa shape index (κ1) is 21.2. The Morgan fingerprint density at radius 3 is 1.82 bits per heavy atom. The summed E-state index contributed by atoms with van der Waals surface area (Å²) in [4.78, 5) is 30.2. The zero-order valence-electron chi connectivity index (χ0n) is 13.6. The average molecular weight is 328 g/mol. The summed E-state index contributed by atoms with van der Waals surface area (Å²) in [5.41, 5.74) is 0. The van der Waals surface area contributed by atoms with Crippen molar-refractivity contribution >= 4 is 5.97 Å². The predicted octanol–water partition coefficient (Wildman–Crippen LogP) is 3.74. The number of carbonyl (C=O) groups excluding carboxylic acids is 1. The number of alkyl halides is 2. The first-order valence-electron chi connectivity index (χ1n) is 7.49. The van der Waals surface area contributed by atoms with E-state index in [0.717, 1.165) is 0 Å². The standard InChI is InChI=1S/C14H26F2O6/c1-5-8-11(15)19-21-14(4,10-13(17)18-7-3)22-20-12(16)9-6-2/h11-12H,5-10H2,1-4H3. The monoisotopic (exact) mass is 328 g/mol. The molecule has 0 saturated carbocycles. The van der Waals surface area contributed by atoms with Crippen molar-refractivity contribution in [3.63, 3.8) is 0 Å². The summed E-state index contributed by atoms with van der Waals surface area (Å²) in [5, 5.41) is 0. The molecular formula is C14H26F2O6. The second-order valence-corrected chi connectivity index (χ2v) is 4.87. The Kier molecular flexibility index (Phi) is 11.3. The van der Waals surface area contributed by atoms with Crippen LogP contribution in [0.2, 0.25) is 0 Å². The van der Waals surface area contributed by atoms with Gasteiger partial charge in [0.1, 0.15) is 6.42 Å². The van der Waals surface area contributed by atoms with Gasteiger partial charge in [0.05, 0.1) is 6.61 Å². The Balaban J connectivity index is 4.55. The van der Waals surface area contributed by atoms with E-state index < -0.39 is 30.9 Å². The van der Waals surface area contributed by atoms with Crippen molar-refractivity contribution in [1.82, 2.24) is 0 Å². The third-order valence-corrected chi connectivity index (χ3v) is 2.46. The molecule has 0 bridgehead atoms. The van der Waals surface area contributed by atoms with Crippen LogP contribution in [-0.4, -0.2) is 31.1 Å². The van der Waals surface area contributed by atoms with Crippen LogP contribution in [-0.2, 0) is 29.1 Å². The van der Waals surface area contributed by atoms with E-state index >= 15 is 0 Å². The molecule has 0 aromatic rings. The number of esters is 1. The van der Waals surface area contributed by atoms with Crippen molar-refractivity contribution in [1.29, 1.82) is 0 Å². The van der Waals surface area contributed by atoms with Gasteiger partial charge in [0, 0.05) is 12.8 Å². The fraction of sp³-hybridized carbons (Fsp3) is 0.929. The molecule has 22 heavy (non-hydrogen) atoms. The molecule has 0 heterocycles. The molecule has 2 atom stereocenters. The van der Waals surface area contributed by atoms with Gasteiger partial charge in [-0.05, 0) is 13.8 Å². The molecule has 0 aliphatic heterocycles. The Bertz CT molecular complexity index is 287. The molecule has 0 aromatic carbocycles. The van der Waals surface area contributed by atoms with Crippen molar-refractivity contribution in [3.8, 4) is 0 Å². The summed E-state index contributed by atoms with van der Waals surface area (Å²) in [7, 11) is 0. The molecule has 132 valence electrons. The number of halogens is 2. The Labute approximate surface area is 129 Å². The minimum absolute atomic E-state index is 0.109. The van der Waals surface area contributed by atoms with Gasteiger partial charge < -0.3 is 4.74 Å². The van der Waals surface area contributed by atoms with E-state index in [1.807, 2.05) is 0 Å². The van der Waals surface area contributed by atoms with Crippen LogP contribution in [0.15, 0.2) is 0 Å². The lowest BCUT2D eigenvalue weighted by atomic mass is 10.2. The van der Waals surface area contributed by atoms with Gasteiger partial charge in [0.2, 0.25) is 18.5 Å². The molecule has 0 rings (SSSR count). The van der Waals surface area contributed by atoms with Gasteiger partial charge >= 0.3 is 5.97 Å². The average Bonchev–Trinajstić information content (AvgIpc) is 2.44. The van der Waals surface area contributed by atoms with Crippen molar-refractivity contribution < 1.29 is 37.9 Å². The van der Waals surface area contributed by atoms with Crippen molar-refractivity contribution in [2.24, 2.45) is 0 Å². The van der Waals surface area contributed by atoms with Crippen LogP contribution >= 0.6 is 0 Å². The molecule has 0 saturated heterocycles. The fourth-order valence-electron chi connectivity index (χ4n) is 1.41. The number of carbonyl (C=O) groups is 1. The smallest absolute Gasteiger partial charge is 0.311 e. The highest BCUT2D eigenvalue weighted by Gasteiger charge is 2.36. The summed E-state index contributed by atoms with van der Waals surface area (Å²) in [6.45, 7) is 6.58. The molecule has 0 fully saturated rings. The second kappa shape index (κ2) is 11.7. The van der Waals surface area contributed by atoms with Gasteiger partial charge in [0.25, 0.3) is 0 Å². The van der Waals surface area contributed by atoms with Crippen LogP contribution in [0.25, 0.3) is 0 Å². The Morgan fingerprint density at radius 1 is 1.00 bits per heavy atom. The quantitative estimate of drug-likeness (QED) is 0.222. The van der Waals surface area contributed by atoms with E-state index in [4.69, 9.17) is 14.5 Å². The van der Waals surface area contributed by atoms with Crippen LogP contribution < -0.4 is 0 Å². The molecule has 0 radical (unpaired) electrons. The van der Waals surface area contributed by atoms with Crippen LogP contribution in [0.4, 0.5) is 8.78 Å². The van der Waals surface area contributed by atoms with E-state index in [2.05, 4.69) is 9.78 Å². The largest absolute Gasteiger partial charge is 0.466 e. The lowest BCUT2D eigenvalue weighted by Crippen LogP contribution is -2.37. The van der Waals surface area contributed by atoms with Crippen molar-refractivity contribution in [2.45, 2.75) is 78.3 Å². The summed E-state index contributed by atoms with van der Waals surface area (Å²) in [5.74, 6) is -2.49. The number of rotatable bonds is 13. The summed E-state index contributed by atoms with van der Waals surface area (Å²) < 4.78 is 31.4. The van der Waals surface area contributed by atoms with Crippen LogP contribution in [0.3, 0.4) is 0 Å². The molecule has 2 unspecified atom stereocenters. The highest BCUT2D eigenvalue weighted by molar-refractivity contribution is 5.70. The van der Waals surface area contributed by atoms with Crippen LogP contribution in [0.5, 0.6) is 0 Å². The van der Waals surface area contributed by atoms with E-state index in [-0.39, 0.29) is 19.4 Å². The first-order valence-corrected chi connectivity index (χ1v) is 7.49. The topological polar surface area (TPSA) is 63.2 Å². The molecule has 0 aromatic heterocycles. The van der Waals surface area contributed by atoms with Gasteiger partial charge in [-0.25, -0.2) is 8.78 Å². The molecule has 0 aliphatic carbocycles. The summed E-state index contributed by atoms with van der Waals surface area (Å²) >= 11 is 0. The Morgan fingerprint density at radius 2 is 1.45 bits per heavy atom. The van der Waals surface area contributed by atoms with E-state index in [0.29, 0.717) is 12.8 Å². The van der Waals surface area contributed by atoms with Crippen molar-refractivity contribution in [3.05, 3.63) is 0 Å². The number of ether oxygens (including phenoxy) is 1. The lowest BCUT2D eigenvalue weighted by Gasteiger charge is -2.27. The van der Waals surface area contributed by atoms with Crippen molar-refractivity contribution in [2.75, 3.05) is 6.61 Å². The number of hydrogen-bond acceptors (Lipinski definition) is 6. The van der Waals surface area contributed by atoms with Crippen LogP contribution in [0.1, 0.15) is 59.8 Å². The minimum Gasteiger partial charge on any atom is -0.466 e. The van der Waals surface area contributed by atoms with E-state index in [9.17, 15) is 13.6 Å². The lowest BCUT2D eigenvalue weighted by molar-refractivity contribution is -0.535. The molecule has 0 N–H and O–H groups in total. The summed E-state index contributed by atoms with van der Waals surface area (Å²) in [6.07, 6.45) is -2.52. The van der Waals surface area contributed by atoms with Gasteiger partial charge in [-0.2, -0.15) is 19.6 Å². The molecule has 0 aliphatic rings. The van der Waals surface area contributed by atoms with Gasteiger partial charge in [-0.15, -0.1) is 0 Å². The second-order valence-electron chi connectivity index (χ2n) is 4.87. The van der Waals surface area contributed by atoms with Gasteiger partial charge in [-0.1, -0.05) is 26.7 Å². The normalized spacial score (nSPS) is 16.8. The molecule has 6 nitrogen and oxygen atoms in total. The maximum Gasteiger partial charge on any atom is 0.311 e. The zero-order valence-corrected chi connectivity index (χ0v) is 13.6.